The van der Waals surface area contributed by atoms with Crippen molar-refractivity contribution in [2.45, 2.75) is 13.5 Å². The first-order valence-corrected chi connectivity index (χ1v) is 8.83. The Morgan fingerprint density at radius 3 is 2.52 bits per heavy atom. The molecule has 1 heterocycles. The van der Waals surface area contributed by atoms with Gasteiger partial charge >= 0.3 is 159 Å². The van der Waals surface area contributed by atoms with E-state index < -0.39 is 0 Å². The fourth-order valence-corrected chi connectivity index (χ4v) is 2.63. The zero-order chi connectivity index (χ0) is 18.9. The number of nitrogens with one attached hydrogen (secondary N) is 3. The van der Waals surface area contributed by atoms with E-state index in [1.165, 1.54) is 6.92 Å². The minimum absolute atomic E-state index is 0.599. The second-order valence-corrected chi connectivity index (χ2v) is 5.94. The molecule has 0 aliphatic heterocycles. The normalized spacial score (nSPS) is 10.7. The maximum atomic E-state index is 9.09. The van der Waals surface area contributed by atoms with Crippen LogP contribution in [0.3, 0.4) is 0 Å². The standard InChI is InChI=1S/C21H21BN4O/c1-2-27-14-16-8-10-18(11-9-16)25-21(22-15-23)26-19-12-20(24-13-19)17-6-4-3-5-7-17/h3-13,24-26H,2,14H2,1H3. The van der Waals surface area contributed by atoms with E-state index in [1.54, 1.807) is 0 Å². The van der Waals surface area contributed by atoms with E-state index in [1.807, 2.05) is 73.8 Å². The molecule has 2 aromatic carbocycles. The van der Waals surface area contributed by atoms with Crippen LogP contribution in [0.4, 0.5) is 11.4 Å². The summed E-state index contributed by atoms with van der Waals surface area (Å²) < 4.78 is 5.41. The number of anilines is 2. The molecule has 0 aliphatic carbocycles. The van der Waals surface area contributed by atoms with Gasteiger partial charge in [-0.05, 0) is 0 Å². The predicted molar refractivity (Wildman–Crippen MR) is 112 cm³/mol. The fraction of sp³-hybridized carbons (Fsp3) is 0.143. The van der Waals surface area contributed by atoms with Gasteiger partial charge in [0, 0.05) is 0 Å². The Bertz CT molecular complexity index is 927. The van der Waals surface area contributed by atoms with E-state index in [-0.39, 0.29) is 0 Å². The zero-order valence-electron chi connectivity index (χ0n) is 15.2. The molecule has 0 saturated heterocycles. The molecule has 0 radical (unpaired) electrons. The van der Waals surface area contributed by atoms with Crippen LogP contribution >= 0.6 is 0 Å². The van der Waals surface area contributed by atoms with Crippen molar-refractivity contribution in [2.24, 2.45) is 0 Å². The number of rotatable bonds is 8. The number of nitrogens with zero attached hydrogens (tertiary/aromatic N) is 1. The van der Waals surface area contributed by atoms with E-state index in [2.05, 4.69) is 21.6 Å². The van der Waals surface area contributed by atoms with Gasteiger partial charge in [-0.1, -0.05) is 0 Å². The van der Waals surface area contributed by atoms with Crippen LogP contribution in [0.5, 0.6) is 0 Å². The van der Waals surface area contributed by atoms with Crippen molar-refractivity contribution in [3.63, 3.8) is 0 Å². The molecule has 0 amide bonds. The SMILES string of the molecule is CCOCc1ccc(NC(=BC#N)Nc2c[nH]c(-c3ccccc3)c2)cc1. The summed E-state index contributed by atoms with van der Waals surface area (Å²) in [7, 11) is 0. The van der Waals surface area contributed by atoms with Crippen LogP contribution in [0.1, 0.15) is 12.5 Å². The number of hydrogen-bond acceptors (Lipinski definition) is 4. The van der Waals surface area contributed by atoms with Crippen molar-refractivity contribution in [1.29, 1.82) is 5.26 Å². The molecule has 0 aliphatic rings. The molecule has 0 unspecified atom stereocenters. The van der Waals surface area contributed by atoms with Crippen LogP contribution in [-0.2, 0) is 11.3 Å². The molecule has 134 valence electrons. The number of aromatic amines is 1. The predicted octanol–water partition coefficient (Wildman–Crippen LogP) is 4.01. The van der Waals surface area contributed by atoms with Crippen molar-refractivity contribution in [3.8, 4) is 17.2 Å². The number of H-pyrrole nitrogens is 1. The summed E-state index contributed by atoms with van der Waals surface area (Å²) in [4.78, 5) is 3.25. The van der Waals surface area contributed by atoms with Crippen LogP contribution in [0, 0.1) is 11.2 Å². The second kappa shape index (κ2) is 9.42. The third kappa shape index (κ3) is 5.34. The summed E-state index contributed by atoms with van der Waals surface area (Å²) >= 11 is 0. The number of aromatic nitrogens is 1. The Labute approximate surface area is 159 Å². The average Bonchev–Trinajstić information content (AvgIpc) is 3.17. The fourth-order valence-electron chi connectivity index (χ4n) is 2.63. The molecule has 27 heavy (non-hydrogen) atoms. The van der Waals surface area contributed by atoms with Crippen molar-refractivity contribution in [3.05, 3.63) is 72.4 Å². The van der Waals surface area contributed by atoms with Crippen molar-refractivity contribution < 1.29 is 4.74 Å². The Balaban J connectivity index is 1.67. The third-order valence-corrected chi connectivity index (χ3v) is 3.96. The summed E-state index contributed by atoms with van der Waals surface area (Å²) in [6.45, 7) is 4.72. The molecule has 0 atom stereocenters. The summed E-state index contributed by atoms with van der Waals surface area (Å²) in [5.74, 6) is 2.07. The van der Waals surface area contributed by atoms with E-state index in [4.69, 9.17) is 10.00 Å². The minimum atomic E-state index is 0.599. The Kier molecular flexibility index (Phi) is 6.45. The Morgan fingerprint density at radius 2 is 1.81 bits per heavy atom. The average molecular weight is 356 g/mol. The molecule has 3 rings (SSSR count). The van der Waals surface area contributed by atoms with Gasteiger partial charge in [0.15, 0.2) is 0 Å². The Hall–Kier alpha value is -3.30. The third-order valence-electron chi connectivity index (χ3n) is 3.96. The first-order valence-electron chi connectivity index (χ1n) is 8.83. The van der Waals surface area contributed by atoms with E-state index in [0.717, 1.165) is 28.2 Å². The van der Waals surface area contributed by atoms with Crippen LogP contribution in [0.2, 0.25) is 0 Å². The van der Waals surface area contributed by atoms with Crippen LogP contribution in [0.25, 0.3) is 11.3 Å². The molecule has 3 N–H and O–H groups in total. The van der Waals surface area contributed by atoms with Gasteiger partial charge in [-0.15, -0.1) is 0 Å². The van der Waals surface area contributed by atoms with Gasteiger partial charge in [0.1, 0.15) is 0 Å². The summed E-state index contributed by atoms with van der Waals surface area (Å²) in [6, 6.07) is 20.0. The van der Waals surface area contributed by atoms with Crippen molar-refractivity contribution in [1.82, 2.24) is 4.98 Å². The molecule has 1 aromatic heterocycles. The summed E-state index contributed by atoms with van der Waals surface area (Å²) in [6.07, 6.45) is 1.88. The zero-order valence-corrected chi connectivity index (χ0v) is 15.2. The number of ether oxygens (including phenoxy) is 1. The van der Waals surface area contributed by atoms with Gasteiger partial charge in [0.05, 0.1) is 0 Å². The molecule has 6 heteroatoms. The molecular formula is C21H21BN4O. The number of nitriles is 1. The van der Waals surface area contributed by atoms with Crippen molar-refractivity contribution in [2.75, 3.05) is 17.2 Å². The molecule has 0 fully saturated rings. The Morgan fingerprint density at radius 1 is 1.07 bits per heavy atom. The van der Waals surface area contributed by atoms with Crippen LogP contribution < -0.4 is 10.6 Å². The summed E-state index contributed by atoms with van der Waals surface area (Å²) in [5, 5.41) is 15.6. The van der Waals surface area contributed by atoms with Gasteiger partial charge in [-0.3, -0.25) is 0 Å². The van der Waals surface area contributed by atoms with Crippen LogP contribution in [-0.4, -0.2) is 24.2 Å². The molecule has 3 aromatic rings. The molecule has 0 bridgehead atoms. The monoisotopic (exact) mass is 356 g/mol. The summed E-state index contributed by atoms with van der Waals surface area (Å²) in [5.41, 5.74) is 5.59. The maximum absolute atomic E-state index is 9.09. The van der Waals surface area contributed by atoms with Gasteiger partial charge in [-0.25, -0.2) is 0 Å². The molecular weight excluding hydrogens is 335 g/mol. The first kappa shape index (κ1) is 18.5. The number of benzene rings is 2. The van der Waals surface area contributed by atoms with Gasteiger partial charge in [0.2, 0.25) is 0 Å². The van der Waals surface area contributed by atoms with Gasteiger partial charge in [0.25, 0.3) is 0 Å². The van der Waals surface area contributed by atoms with E-state index in [0.29, 0.717) is 18.9 Å². The van der Waals surface area contributed by atoms with Crippen molar-refractivity contribution >= 4 is 24.0 Å². The second-order valence-electron chi connectivity index (χ2n) is 5.94. The quantitative estimate of drug-likeness (QED) is 0.533. The van der Waals surface area contributed by atoms with Gasteiger partial charge < -0.3 is 0 Å². The van der Waals surface area contributed by atoms with E-state index in [9.17, 15) is 0 Å². The topological polar surface area (TPSA) is 72.9 Å². The molecule has 0 spiro atoms. The molecule has 0 saturated carbocycles. The van der Waals surface area contributed by atoms with Gasteiger partial charge in [-0.2, -0.15) is 0 Å². The van der Waals surface area contributed by atoms with Crippen LogP contribution in [0.15, 0.2) is 66.9 Å². The number of hydrogen-bond donors (Lipinski definition) is 3. The first-order chi connectivity index (χ1) is 13.3. The van der Waals surface area contributed by atoms with E-state index >= 15 is 0 Å². The molecule has 5 nitrogen and oxygen atoms in total.